The van der Waals surface area contributed by atoms with E-state index in [9.17, 15) is 66.4 Å². The summed E-state index contributed by atoms with van der Waals surface area (Å²) in [7, 11) is 0. The first kappa shape index (κ1) is 58.2. The van der Waals surface area contributed by atoms with E-state index in [1.807, 2.05) is 6.92 Å². The molecule has 30 atom stereocenters. The van der Waals surface area contributed by atoms with Crippen LogP contribution in [-0.4, -0.2) is 239 Å². The molecule has 0 spiro atoms. The molecule has 72 heavy (non-hydrogen) atoms. The monoisotopic (exact) mass is 1040 g/mol. The fraction of sp³-hybridized carbons (Fsp3) is 0.918. The van der Waals surface area contributed by atoms with Gasteiger partial charge in [-0.2, -0.15) is 0 Å². The van der Waals surface area contributed by atoms with Gasteiger partial charge in [0.25, 0.3) is 0 Å². The van der Waals surface area contributed by atoms with Gasteiger partial charge < -0.3 is 114 Å². The lowest BCUT2D eigenvalue weighted by Crippen LogP contribution is -2.65. The Balaban J connectivity index is 1.03. The highest BCUT2D eigenvalue weighted by atomic mass is 16.8. The number of hydrogen-bond donors (Lipinski definition) is 13. The number of aliphatic hydroxyl groups is 13. The maximum absolute atomic E-state index is 11.9. The standard InChI is InChI=1S/C49H82O23/c1-10-47(7,72-46-41(31(54)24(50)17-63-46)71-43-37(60)34(57)29(52)22(5)66-43)14-15-48(8)20(3)16-27(49(9)19(2)12-11-13-26(48)49)69-45-39(62)40(30(53)23(6)67-45)70-44-38(61)35(58)32(55)25(68-44)18-64-42-36(59)33(56)28(51)21(4)65-42/h10,12,20-46,50-62H,1,11,13-18H2,2-9H3. The van der Waals surface area contributed by atoms with Crippen LogP contribution in [0.15, 0.2) is 24.3 Å². The van der Waals surface area contributed by atoms with Gasteiger partial charge in [-0.15, -0.1) is 6.58 Å². The van der Waals surface area contributed by atoms with Gasteiger partial charge in [-0.1, -0.05) is 38.5 Å². The summed E-state index contributed by atoms with van der Waals surface area (Å²) in [5.74, 6) is -0.0191. The van der Waals surface area contributed by atoms with Gasteiger partial charge in [-0.05, 0) is 84.0 Å². The molecule has 7 aliphatic rings. The van der Waals surface area contributed by atoms with E-state index >= 15 is 0 Å². The van der Waals surface area contributed by atoms with E-state index in [1.54, 1.807) is 13.0 Å². The molecule has 23 heteroatoms. The van der Waals surface area contributed by atoms with Crippen LogP contribution in [0.3, 0.4) is 0 Å². The first-order valence-corrected chi connectivity index (χ1v) is 25.3. The van der Waals surface area contributed by atoms with Gasteiger partial charge in [0, 0.05) is 5.41 Å². The van der Waals surface area contributed by atoms with Crippen molar-refractivity contribution < 1.29 is 114 Å². The number of rotatable bonds is 15. The van der Waals surface area contributed by atoms with Crippen molar-refractivity contribution in [2.75, 3.05) is 13.2 Å². The molecule has 0 bridgehead atoms. The zero-order chi connectivity index (χ0) is 53.1. The smallest absolute Gasteiger partial charge is 0.187 e. The van der Waals surface area contributed by atoms with E-state index in [4.69, 9.17) is 47.4 Å². The largest absolute Gasteiger partial charge is 0.388 e. The first-order chi connectivity index (χ1) is 33.7. The van der Waals surface area contributed by atoms with Crippen LogP contribution in [0, 0.1) is 22.7 Å². The van der Waals surface area contributed by atoms with Gasteiger partial charge >= 0.3 is 0 Å². The van der Waals surface area contributed by atoms with Crippen molar-refractivity contribution in [3.05, 3.63) is 24.3 Å². The Kier molecular flexibility index (Phi) is 18.5. The lowest BCUT2D eigenvalue weighted by atomic mass is 9.45. The van der Waals surface area contributed by atoms with E-state index in [-0.39, 0.29) is 23.9 Å². The minimum absolute atomic E-state index is 0.00387. The summed E-state index contributed by atoms with van der Waals surface area (Å²) in [6.07, 6.45) is -29.0. The molecule has 13 N–H and O–H groups in total. The Labute approximate surface area is 419 Å². The number of ether oxygens (including phenoxy) is 10. The molecule has 0 radical (unpaired) electrons. The van der Waals surface area contributed by atoms with Gasteiger partial charge in [-0.3, -0.25) is 0 Å². The zero-order valence-corrected chi connectivity index (χ0v) is 42.3. The van der Waals surface area contributed by atoms with Gasteiger partial charge in [0.05, 0.1) is 43.2 Å². The summed E-state index contributed by atoms with van der Waals surface area (Å²) in [6, 6.07) is 0. The van der Waals surface area contributed by atoms with Crippen molar-refractivity contribution >= 4 is 0 Å². The van der Waals surface area contributed by atoms with Crippen molar-refractivity contribution in [2.24, 2.45) is 22.7 Å². The van der Waals surface area contributed by atoms with Gasteiger partial charge in [0.2, 0.25) is 0 Å². The molecule has 6 fully saturated rings. The Morgan fingerprint density at radius 3 is 1.78 bits per heavy atom. The van der Waals surface area contributed by atoms with E-state index in [0.29, 0.717) is 19.3 Å². The lowest BCUT2D eigenvalue weighted by molar-refractivity contribution is -0.370. The third kappa shape index (κ3) is 11.1. The highest BCUT2D eigenvalue weighted by Crippen LogP contribution is 2.63. The van der Waals surface area contributed by atoms with Gasteiger partial charge in [0.15, 0.2) is 31.5 Å². The maximum atomic E-state index is 11.9. The van der Waals surface area contributed by atoms with E-state index < -0.39 is 171 Å². The van der Waals surface area contributed by atoms with Crippen LogP contribution < -0.4 is 0 Å². The van der Waals surface area contributed by atoms with Crippen molar-refractivity contribution in [1.82, 2.24) is 0 Å². The molecule has 7 rings (SSSR count). The minimum Gasteiger partial charge on any atom is -0.388 e. The summed E-state index contributed by atoms with van der Waals surface area (Å²) in [5, 5.41) is 140. The first-order valence-electron chi connectivity index (χ1n) is 25.3. The van der Waals surface area contributed by atoms with Crippen molar-refractivity contribution in [1.29, 1.82) is 0 Å². The molecular weight excluding hydrogens is 957 g/mol. The third-order valence-corrected chi connectivity index (χ3v) is 17.4. The number of fused-ring (bicyclic) bond motifs is 1. The zero-order valence-electron chi connectivity index (χ0n) is 42.3. The molecule has 5 heterocycles. The summed E-state index contributed by atoms with van der Waals surface area (Å²) in [6.45, 7) is 18.1. The molecule has 416 valence electrons. The van der Waals surface area contributed by atoms with Crippen LogP contribution in [0.4, 0.5) is 0 Å². The molecule has 0 aromatic rings. The van der Waals surface area contributed by atoms with Crippen molar-refractivity contribution in [3.63, 3.8) is 0 Å². The summed E-state index contributed by atoms with van der Waals surface area (Å²) < 4.78 is 60.0. The second-order valence-corrected chi connectivity index (χ2v) is 22.1. The van der Waals surface area contributed by atoms with Crippen LogP contribution in [0.1, 0.15) is 87.5 Å². The van der Waals surface area contributed by atoms with Crippen LogP contribution >= 0.6 is 0 Å². The number of aliphatic hydroxyl groups excluding tert-OH is 13. The quantitative estimate of drug-likeness (QED) is 0.0743. The summed E-state index contributed by atoms with van der Waals surface area (Å²) in [4.78, 5) is 0. The number of allylic oxidation sites excluding steroid dienone is 1. The molecule has 0 aromatic carbocycles. The normalized spacial score (nSPS) is 53.2. The number of hydrogen-bond acceptors (Lipinski definition) is 23. The van der Waals surface area contributed by atoms with E-state index in [2.05, 4.69) is 40.3 Å². The van der Waals surface area contributed by atoms with Crippen LogP contribution in [-0.2, 0) is 47.4 Å². The Morgan fingerprint density at radius 2 is 1.17 bits per heavy atom. The van der Waals surface area contributed by atoms with Crippen LogP contribution in [0.5, 0.6) is 0 Å². The fourth-order valence-electron chi connectivity index (χ4n) is 11.9. The van der Waals surface area contributed by atoms with Crippen molar-refractivity contribution in [3.8, 4) is 0 Å². The van der Waals surface area contributed by atoms with E-state index in [1.165, 1.54) is 13.8 Å². The Morgan fingerprint density at radius 1 is 0.639 bits per heavy atom. The molecule has 2 aliphatic carbocycles. The molecule has 5 saturated heterocycles. The highest BCUT2D eigenvalue weighted by Gasteiger charge is 2.61. The molecule has 30 unspecified atom stereocenters. The Hall–Kier alpha value is -1.44. The molecule has 1 saturated carbocycles. The average Bonchev–Trinajstić information content (AvgIpc) is 3.34. The second kappa shape index (κ2) is 22.9. The summed E-state index contributed by atoms with van der Waals surface area (Å²) >= 11 is 0. The van der Waals surface area contributed by atoms with Crippen LogP contribution in [0.25, 0.3) is 0 Å². The predicted molar refractivity (Wildman–Crippen MR) is 245 cm³/mol. The molecule has 0 aromatic heterocycles. The van der Waals surface area contributed by atoms with Gasteiger partial charge in [0.1, 0.15) is 97.7 Å². The predicted octanol–water partition coefficient (Wildman–Crippen LogP) is -2.68. The van der Waals surface area contributed by atoms with E-state index in [0.717, 1.165) is 18.4 Å². The van der Waals surface area contributed by atoms with Crippen molar-refractivity contribution in [2.45, 2.75) is 247 Å². The SMILES string of the molecule is C=CC(C)(CCC1(C)C(C)CC(OC2OC(C)C(O)C(OC3OC(COC4OC(C)C(O)C(O)C4O)C(O)C(O)C3O)C2O)C2(C)C(C)=CCCC12)OC1OCC(O)C(O)C1OC1OC(C)C(O)C(O)C1O. The average molecular weight is 1040 g/mol. The summed E-state index contributed by atoms with van der Waals surface area (Å²) in [5.41, 5.74) is -1.02. The molecule has 5 aliphatic heterocycles. The minimum atomic E-state index is -1.87. The third-order valence-electron chi connectivity index (χ3n) is 17.4. The maximum Gasteiger partial charge on any atom is 0.187 e. The lowest BCUT2D eigenvalue weighted by Gasteiger charge is -2.61. The highest BCUT2D eigenvalue weighted by molar-refractivity contribution is 5.24. The molecule has 23 nitrogen and oxygen atoms in total. The fourth-order valence-corrected chi connectivity index (χ4v) is 11.9. The topological polar surface area (TPSA) is 355 Å². The molecular formula is C49H82O23. The Bertz CT molecular complexity index is 1830. The van der Waals surface area contributed by atoms with Crippen LogP contribution in [0.2, 0.25) is 0 Å². The van der Waals surface area contributed by atoms with Gasteiger partial charge in [-0.25, -0.2) is 0 Å². The second-order valence-electron chi connectivity index (χ2n) is 22.1. The molecule has 0 amide bonds.